The number of fused-ring (bicyclic) bond motifs is 2. The Labute approximate surface area is 196 Å². The Morgan fingerprint density at radius 2 is 1.76 bits per heavy atom. The van der Waals surface area contributed by atoms with Gasteiger partial charge in [0.15, 0.2) is 0 Å². The zero-order chi connectivity index (χ0) is 17.2. The maximum atomic E-state index is 11.7. The van der Waals surface area contributed by atoms with E-state index in [0.717, 1.165) is 31.6 Å². The smallest absolute Gasteiger partial charge is 0.670 e. The number of aryl methyl sites for hydroxylation is 3. The van der Waals surface area contributed by atoms with E-state index in [1.165, 1.54) is 56.1 Å². The molecule has 132 valence electrons. The molecule has 1 N–H and O–H groups in total. The number of amides is 1. The zero-order valence-corrected chi connectivity index (χ0v) is 19.2. The Bertz CT molecular complexity index is 612. The first-order valence-electron chi connectivity index (χ1n) is 9.77. The van der Waals surface area contributed by atoms with Crippen molar-refractivity contribution in [3.63, 3.8) is 0 Å². The third-order valence-corrected chi connectivity index (χ3v) is 6.28. The molecule has 0 saturated carbocycles. The zero-order valence-electron chi connectivity index (χ0n) is 16.1. The Kier molecular flexibility index (Phi) is 8.22. The molecule has 1 aromatic rings. The van der Waals surface area contributed by atoms with Crippen LogP contribution in [0.2, 0.25) is 0 Å². The van der Waals surface area contributed by atoms with Crippen molar-refractivity contribution in [3.8, 4) is 0 Å². The predicted molar refractivity (Wildman–Crippen MR) is 99.9 cm³/mol. The second-order valence-corrected chi connectivity index (χ2v) is 8.10. The molecule has 1 amide bonds. The second kappa shape index (κ2) is 9.50. The van der Waals surface area contributed by atoms with Crippen LogP contribution in [0.4, 0.5) is 0 Å². The van der Waals surface area contributed by atoms with E-state index in [9.17, 15) is 4.79 Å². The van der Waals surface area contributed by atoms with Crippen molar-refractivity contribution in [3.05, 3.63) is 47.0 Å². The van der Waals surface area contributed by atoms with Crippen LogP contribution in [0.1, 0.15) is 74.1 Å². The second-order valence-electron chi connectivity index (χ2n) is 8.10. The average Bonchev–Trinajstić information content (AvgIpc) is 2.86. The summed E-state index contributed by atoms with van der Waals surface area (Å²) in [5, 5.41) is 0. The molecule has 2 nitrogen and oxygen atoms in total. The van der Waals surface area contributed by atoms with E-state index < -0.39 is 11.3 Å². The van der Waals surface area contributed by atoms with Crippen LogP contribution < -0.4 is 51.4 Å². The van der Waals surface area contributed by atoms with Gasteiger partial charge in [0.1, 0.15) is 0 Å². The fourth-order valence-corrected chi connectivity index (χ4v) is 4.51. The first kappa shape index (κ1) is 21.6. The van der Waals surface area contributed by atoms with Gasteiger partial charge < -0.3 is 17.5 Å². The summed E-state index contributed by atoms with van der Waals surface area (Å²) >= 11 is 0. The number of nitrogens with one attached hydrogen (secondary N) is 1. The molecule has 0 spiro atoms. The maximum Gasteiger partial charge on any atom is 1.00 e. The third kappa shape index (κ3) is 5.19. The fourth-order valence-electron chi connectivity index (χ4n) is 4.51. The molecule has 0 aliphatic heterocycles. The van der Waals surface area contributed by atoms with Crippen LogP contribution >= 0.6 is 0 Å². The van der Waals surface area contributed by atoms with Crippen molar-refractivity contribution in [1.82, 2.24) is 0 Å². The normalized spacial score (nSPS) is 25.8. The van der Waals surface area contributed by atoms with Crippen LogP contribution in [-0.4, -0.2) is 5.91 Å². The van der Waals surface area contributed by atoms with Gasteiger partial charge in [0.25, 0.3) is 0 Å². The molecule has 0 saturated heterocycles. The topological polar surface area (TPSA) is 40.9 Å². The van der Waals surface area contributed by atoms with Gasteiger partial charge in [-0.15, -0.1) is 5.41 Å². The molecule has 3 rings (SSSR count). The predicted octanol–water partition coefficient (Wildman–Crippen LogP) is 2.65. The molecule has 2 atom stereocenters. The largest absolute Gasteiger partial charge is 1.00 e. The van der Waals surface area contributed by atoms with Crippen LogP contribution in [-0.2, 0) is 30.5 Å². The van der Waals surface area contributed by atoms with Gasteiger partial charge in [-0.1, -0.05) is 51.2 Å². The standard InChI is InChI=1S/C22H32NO.K/c1-3-4-6-16-7-5-8-17-14-18-9-11-22(2,21(23)24)12-10-19(18)15-20(17)13-16;/h14-16H,2-13H2,1H3,(H2,23,24);/q-1;+1/p-1. The monoisotopic (exact) mass is 364 g/mol. The van der Waals surface area contributed by atoms with Crippen molar-refractivity contribution < 1.29 is 56.2 Å². The first-order chi connectivity index (χ1) is 11.5. The average molecular weight is 365 g/mol. The van der Waals surface area contributed by atoms with Crippen molar-refractivity contribution >= 4 is 5.91 Å². The van der Waals surface area contributed by atoms with E-state index in [2.05, 4.69) is 26.0 Å². The van der Waals surface area contributed by atoms with Crippen LogP contribution in [0.3, 0.4) is 0 Å². The summed E-state index contributed by atoms with van der Waals surface area (Å²) in [6, 6.07) is 4.86. The molecule has 2 aliphatic rings. The number of hydrogen-bond donors (Lipinski definition) is 0. The molecule has 0 aromatic heterocycles. The summed E-state index contributed by atoms with van der Waals surface area (Å²) in [5.74, 6) is 0.355. The quantitative estimate of drug-likeness (QED) is 0.460. The maximum absolute atomic E-state index is 11.7. The molecular weight excluding hydrogens is 333 g/mol. The Balaban J connectivity index is 0.00000225. The minimum atomic E-state index is -0.694. The molecule has 25 heavy (non-hydrogen) atoms. The molecule has 0 bridgehead atoms. The molecule has 1 aromatic carbocycles. The van der Waals surface area contributed by atoms with Crippen molar-refractivity contribution in [1.29, 1.82) is 0 Å². The van der Waals surface area contributed by atoms with Gasteiger partial charge >= 0.3 is 51.4 Å². The number of benzene rings is 1. The summed E-state index contributed by atoms with van der Waals surface area (Å²) in [5.41, 5.74) is 12.8. The number of carbonyl (C=O) groups excluding carboxylic acids is 1. The summed E-state index contributed by atoms with van der Waals surface area (Å²) in [7, 11) is 0. The van der Waals surface area contributed by atoms with Gasteiger partial charge in [-0.25, -0.2) is 0 Å². The molecule has 0 fully saturated rings. The van der Waals surface area contributed by atoms with E-state index in [-0.39, 0.29) is 51.4 Å². The van der Waals surface area contributed by atoms with E-state index >= 15 is 0 Å². The van der Waals surface area contributed by atoms with Gasteiger partial charge in [0.05, 0.1) is 0 Å². The van der Waals surface area contributed by atoms with Crippen molar-refractivity contribution in [2.24, 2.45) is 11.3 Å². The van der Waals surface area contributed by atoms with Gasteiger partial charge in [-0.2, -0.15) is 0 Å². The van der Waals surface area contributed by atoms with E-state index in [0.29, 0.717) is 0 Å². The molecular formula is C22H31KNO-. The van der Waals surface area contributed by atoms with Crippen molar-refractivity contribution in [2.75, 3.05) is 0 Å². The molecule has 3 heteroatoms. The fraction of sp³-hybridized carbons (Fsp3) is 0.636. The molecule has 0 radical (unpaired) electrons. The number of carbonyl (C=O) groups is 1. The van der Waals surface area contributed by atoms with Gasteiger partial charge in [-0.3, -0.25) is 0 Å². The summed E-state index contributed by atoms with van der Waals surface area (Å²) in [6.45, 7) is 6.37. The number of unbranched alkanes of at least 4 members (excludes halogenated alkanes) is 1. The molecule has 2 aliphatic carbocycles. The number of hydrogen-bond acceptors (Lipinski definition) is 1. The molecule has 0 heterocycles. The van der Waals surface area contributed by atoms with E-state index in [1.807, 2.05) is 0 Å². The SMILES string of the molecule is [CH2-]C1(C([NH-])=O)CCc2cc3c(cc2CC1)CC(CCCC)CCC3.[K+]. The van der Waals surface area contributed by atoms with Crippen molar-refractivity contribution in [2.45, 2.75) is 77.6 Å². The summed E-state index contributed by atoms with van der Waals surface area (Å²) < 4.78 is 0. The number of rotatable bonds is 4. The third-order valence-electron chi connectivity index (χ3n) is 6.28. The van der Waals surface area contributed by atoms with Crippen LogP contribution in [0, 0.1) is 18.3 Å². The summed E-state index contributed by atoms with van der Waals surface area (Å²) in [4.78, 5) is 11.7. The Morgan fingerprint density at radius 3 is 2.36 bits per heavy atom. The molecule has 2 unspecified atom stereocenters. The van der Waals surface area contributed by atoms with Crippen LogP contribution in [0.5, 0.6) is 0 Å². The first-order valence-corrected chi connectivity index (χ1v) is 9.77. The van der Waals surface area contributed by atoms with E-state index in [1.54, 1.807) is 11.1 Å². The van der Waals surface area contributed by atoms with Crippen LogP contribution in [0.15, 0.2) is 12.1 Å². The Morgan fingerprint density at radius 1 is 1.16 bits per heavy atom. The minimum Gasteiger partial charge on any atom is -0.670 e. The van der Waals surface area contributed by atoms with Gasteiger partial charge in [-0.05, 0) is 66.7 Å². The van der Waals surface area contributed by atoms with E-state index in [4.69, 9.17) is 5.73 Å². The summed E-state index contributed by atoms with van der Waals surface area (Å²) in [6.07, 6.45) is 12.4. The minimum absolute atomic E-state index is 0. The van der Waals surface area contributed by atoms with Gasteiger partial charge in [0.2, 0.25) is 0 Å². The van der Waals surface area contributed by atoms with Crippen LogP contribution in [0.25, 0.3) is 5.73 Å². The van der Waals surface area contributed by atoms with Gasteiger partial charge in [0, 0.05) is 5.91 Å². The Hall–Kier alpha value is 0.326.